The second kappa shape index (κ2) is 13.5. The van der Waals surface area contributed by atoms with Crippen LogP contribution in [-0.2, 0) is 9.47 Å². The monoisotopic (exact) mass is 420 g/mol. The number of rotatable bonds is 8. The van der Waals surface area contributed by atoms with Crippen LogP contribution in [0.1, 0.15) is 47.5 Å². The van der Waals surface area contributed by atoms with E-state index in [1.54, 1.807) is 0 Å². The maximum absolute atomic E-state index is 11.5. The molecule has 0 aliphatic carbocycles. The highest BCUT2D eigenvalue weighted by atomic mass is 16.5. The van der Waals surface area contributed by atoms with Gasteiger partial charge in [-0.3, -0.25) is 0 Å². The van der Waals surface area contributed by atoms with Crippen LogP contribution in [0.25, 0.3) is 0 Å². The second-order valence-electron chi connectivity index (χ2n) is 6.56. The van der Waals surface area contributed by atoms with Crippen LogP contribution < -0.4 is 5.32 Å². The van der Waals surface area contributed by atoms with E-state index in [2.05, 4.69) is 10.3 Å². The Hall–Kier alpha value is -3.67. The van der Waals surface area contributed by atoms with Gasteiger partial charge in [0.1, 0.15) is 5.69 Å². The topological polar surface area (TPSA) is 77.5 Å². The van der Waals surface area contributed by atoms with Gasteiger partial charge >= 0.3 is 11.9 Å². The van der Waals surface area contributed by atoms with Gasteiger partial charge in [-0.25, -0.2) is 14.6 Å². The smallest absolute Gasteiger partial charge is 0.356 e. The third kappa shape index (κ3) is 8.70. The Labute approximate surface area is 183 Å². The van der Waals surface area contributed by atoms with E-state index in [0.29, 0.717) is 18.8 Å². The molecule has 31 heavy (non-hydrogen) atoms. The summed E-state index contributed by atoms with van der Waals surface area (Å²) in [6, 6.07) is 23.3. The highest BCUT2D eigenvalue weighted by Crippen LogP contribution is 2.14. The molecular formula is C25H28N2O4. The van der Waals surface area contributed by atoms with Gasteiger partial charge in [0.25, 0.3) is 0 Å². The Morgan fingerprint density at radius 2 is 1.26 bits per heavy atom. The molecule has 1 N–H and O–H groups in total. The van der Waals surface area contributed by atoms with Gasteiger partial charge in [-0.1, -0.05) is 50.2 Å². The number of benzene rings is 2. The number of ether oxygens (including phenoxy) is 2. The SMILES string of the molecule is CCCOC(=O)c1ccc(C(=O)OCCC)nc1.c1ccc(Nc2ccccc2)cc1. The number of anilines is 2. The summed E-state index contributed by atoms with van der Waals surface area (Å²) in [6.07, 6.45) is 2.84. The van der Waals surface area contributed by atoms with E-state index in [-0.39, 0.29) is 5.69 Å². The number of carbonyl (C=O) groups is 2. The number of nitrogens with zero attached hydrogens (tertiary/aromatic N) is 1. The minimum Gasteiger partial charge on any atom is -0.462 e. The molecule has 0 saturated carbocycles. The van der Waals surface area contributed by atoms with Gasteiger partial charge in [0.15, 0.2) is 0 Å². The second-order valence-corrected chi connectivity index (χ2v) is 6.56. The number of para-hydroxylation sites is 2. The average molecular weight is 421 g/mol. The van der Waals surface area contributed by atoms with Crippen molar-refractivity contribution in [3.05, 3.63) is 90.3 Å². The molecule has 162 valence electrons. The fourth-order valence-electron chi connectivity index (χ4n) is 2.39. The fourth-order valence-corrected chi connectivity index (χ4v) is 2.39. The molecule has 6 heteroatoms. The van der Waals surface area contributed by atoms with Gasteiger partial charge in [0.2, 0.25) is 0 Å². The molecule has 2 aromatic carbocycles. The van der Waals surface area contributed by atoms with Gasteiger partial charge in [-0.2, -0.15) is 0 Å². The van der Waals surface area contributed by atoms with Crippen LogP contribution in [0.4, 0.5) is 11.4 Å². The van der Waals surface area contributed by atoms with Gasteiger partial charge in [0.05, 0.1) is 18.8 Å². The molecular weight excluding hydrogens is 392 g/mol. The zero-order valence-corrected chi connectivity index (χ0v) is 17.9. The maximum Gasteiger partial charge on any atom is 0.356 e. The first kappa shape index (κ1) is 23.6. The van der Waals surface area contributed by atoms with Crippen molar-refractivity contribution < 1.29 is 19.1 Å². The summed E-state index contributed by atoms with van der Waals surface area (Å²) >= 11 is 0. The lowest BCUT2D eigenvalue weighted by Gasteiger charge is -2.04. The molecule has 6 nitrogen and oxygen atoms in total. The molecule has 1 aromatic heterocycles. The molecule has 0 amide bonds. The molecule has 0 unspecified atom stereocenters. The fraction of sp³-hybridized carbons (Fsp3) is 0.240. The molecule has 1 heterocycles. The maximum atomic E-state index is 11.5. The highest BCUT2D eigenvalue weighted by Gasteiger charge is 2.11. The predicted octanol–water partition coefficient (Wildman–Crippen LogP) is 5.65. The number of aromatic nitrogens is 1. The van der Waals surface area contributed by atoms with Crippen molar-refractivity contribution in [3.8, 4) is 0 Å². The van der Waals surface area contributed by atoms with Crippen molar-refractivity contribution >= 4 is 23.3 Å². The van der Waals surface area contributed by atoms with Crippen LogP contribution in [0.3, 0.4) is 0 Å². The van der Waals surface area contributed by atoms with E-state index >= 15 is 0 Å². The van der Waals surface area contributed by atoms with E-state index < -0.39 is 11.9 Å². The molecule has 0 bridgehead atoms. The van der Waals surface area contributed by atoms with Crippen molar-refractivity contribution in [1.29, 1.82) is 0 Å². The minimum absolute atomic E-state index is 0.190. The lowest BCUT2D eigenvalue weighted by molar-refractivity contribution is 0.0485. The molecule has 3 rings (SSSR count). The number of esters is 2. The molecule has 0 aliphatic heterocycles. The molecule has 0 saturated heterocycles. The Kier molecular flexibility index (Phi) is 10.3. The zero-order valence-electron chi connectivity index (χ0n) is 17.9. The quantitative estimate of drug-likeness (QED) is 0.475. The highest BCUT2D eigenvalue weighted by molar-refractivity contribution is 5.91. The van der Waals surface area contributed by atoms with Crippen molar-refractivity contribution in [1.82, 2.24) is 4.98 Å². The van der Waals surface area contributed by atoms with E-state index in [1.807, 2.05) is 74.5 Å². The van der Waals surface area contributed by atoms with E-state index in [0.717, 1.165) is 24.2 Å². The largest absolute Gasteiger partial charge is 0.462 e. The summed E-state index contributed by atoms with van der Waals surface area (Å²) in [5, 5.41) is 3.30. The number of hydrogen-bond acceptors (Lipinski definition) is 6. The minimum atomic E-state index is -0.481. The van der Waals surface area contributed by atoms with Crippen molar-refractivity contribution in [2.75, 3.05) is 18.5 Å². The summed E-state index contributed by atoms with van der Waals surface area (Å²) in [5.74, 6) is -0.914. The standard InChI is InChI=1S/C13H17NO4.C12H11N/c1-3-7-17-12(15)10-5-6-11(14-9-10)13(16)18-8-4-2;1-3-7-11(8-4-1)13-12-9-5-2-6-10-12/h5-6,9H,3-4,7-8H2,1-2H3;1-10,13H. The summed E-state index contributed by atoms with van der Waals surface area (Å²) in [5.41, 5.74) is 2.76. The average Bonchev–Trinajstić information content (AvgIpc) is 2.83. The van der Waals surface area contributed by atoms with E-state index in [9.17, 15) is 9.59 Å². The Balaban J connectivity index is 0.000000231. The van der Waals surface area contributed by atoms with Gasteiger partial charge in [-0.05, 0) is 49.2 Å². The zero-order chi connectivity index (χ0) is 22.3. The Bertz CT molecular complexity index is 837. The first-order valence-electron chi connectivity index (χ1n) is 10.3. The summed E-state index contributed by atoms with van der Waals surface area (Å²) < 4.78 is 9.87. The van der Waals surface area contributed by atoms with E-state index in [4.69, 9.17) is 9.47 Å². The molecule has 0 fully saturated rings. The Morgan fingerprint density at radius 1 is 0.742 bits per heavy atom. The van der Waals surface area contributed by atoms with Crippen LogP contribution in [-0.4, -0.2) is 30.1 Å². The summed E-state index contributed by atoms with van der Waals surface area (Å²) in [7, 11) is 0. The number of carbonyl (C=O) groups excluding carboxylic acids is 2. The lowest BCUT2D eigenvalue weighted by atomic mass is 10.2. The van der Waals surface area contributed by atoms with Gasteiger partial charge in [0, 0.05) is 17.6 Å². The number of pyridine rings is 1. The van der Waals surface area contributed by atoms with Crippen LogP contribution in [0, 0.1) is 0 Å². The van der Waals surface area contributed by atoms with Gasteiger partial charge in [-0.15, -0.1) is 0 Å². The molecule has 3 aromatic rings. The normalized spacial score (nSPS) is 9.74. The lowest BCUT2D eigenvalue weighted by Crippen LogP contribution is -2.10. The number of nitrogens with one attached hydrogen (secondary N) is 1. The predicted molar refractivity (Wildman–Crippen MR) is 122 cm³/mol. The molecule has 0 spiro atoms. The first-order chi connectivity index (χ1) is 15.1. The first-order valence-corrected chi connectivity index (χ1v) is 10.3. The molecule has 0 aliphatic rings. The molecule has 0 radical (unpaired) electrons. The van der Waals surface area contributed by atoms with Crippen molar-refractivity contribution in [2.45, 2.75) is 26.7 Å². The number of hydrogen-bond donors (Lipinski definition) is 1. The third-order valence-corrected chi connectivity index (χ3v) is 3.92. The van der Waals surface area contributed by atoms with Crippen LogP contribution in [0.2, 0.25) is 0 Å². The van der Waals surface area contributed by atoms with Crippen LogP contribution in [0.5, 0.6) is 0 Å². The van der Waals surface area contributed by atoms with Crippen LogP contribution in [0.15, 0.2) is 79.0 Å². The van der Waals surface area contributed by atoms with Crippen LogP contribution >= 0.6 is 0 Å². The molecule has 0 atom stereocenters. The third-order valence-electron chi connectivity index (χ3n) is 3.92. The summed E-state index contributed by atoms with van der Waals surface area (Å²) in [4.78, 5) is 26.8. The summed E-state index contributed by atoms with van der Waals surface area (Å²) in [6.45, 7) is 4.56. The Morgan fingerprint density at radius 3 is 1.71 bits per heavy atom. The van der Waals surface area contributed by atoms with Crippen molar-refractivity contribution in [3.63, 3.8) is 0 Å². The van der Waals surface area contributed by atoms with Gasteiger partial charge < -0.3 is 14.8 Å². The van der Waals surface area contributed by atoms with Crippen molar-refractivity contribution in [2.24, 2.45) is 0 Å². The van der Waals surface area contributed by atoms with E-state index in [1.165, 1.54) is 18.3 Å².